The van der Waals surface area contributed by atoms with Gasteiger partial charge >= 0.3 is 6.18 Å². The third-order valence-corrected chi connectivity index (χ3v) is 2.71. The first-order valence-corrected chi connectivity index (χ1v) is 5.43. The zero-order valence-corrected chi connectivity index (χ0v) is 9.72. The van der Waals surface area contributed by atoms with Gasteiger partial charge < -0.3 is 0 Å². The second-order valence-electron chi connectivity index (χ2n) is 3.44. The summed E-state index contributed by atoms with van der Waals surface area (Å²) in [6, 6.07) is 5.41. The number of nitrogens with zero attached hydrogens (tertiary/aromatic N) is 2. The van der Waals surface area contributed by atoms with Crippen LogP contribution in [0.15, 0.2) is 28.9 Å². The van der Waals surface area contributed by atoms with Gasteiger partial charge in [0, 0.05) is 9.86 Å². The molecule has 86 valence electrons. The minimum Gasteiger partial charge on any atom is -0.264 e. The van der Waals surface area contributed by atoms with Crippen LogP contribution in [0.3, 0.4) is 0 Å². The lowest BCUT2D eigenvalue weighted by Gasteiger charge is -2.07. The smallest absolute Gasteiger partial charge is 0.264 e. The van der Waals surface area contributed by atoms with Crippen LogP contribution in [-0.4, -0.2) is 16.0 Å². The van der Waals surface area contributed by atoms with Crippen LogP contribution >= 0.6 is 15.9 Å². The van der Waals surface area contributed by atoms with Crippen LogP contribution in [0.2, 0.25) is 0 Å². The fraction of sp³-hybridized carbons (Fsp3) is 0.300. The molecule has 0 amide bonds. The number of aromatic nitrogens is 2. The number of halogens is 4. The largest absolute Gasteiger partial charge is 0.390 e. The predicted octanol–water partition coefficient (Wildman–Crippen LogP) is 3.75. The molecule has 0 bridgehead atoms. The molecule has 0 unspecified atom stereocenters. The summed E-state index contributed by atoms with van der Waals surface area (Å²) in [6.07, 6.45) is -3.45. The number of rotatable bonds is 2. The Morgan fingerprint density at radius 1 is 1.31 bits per heavy atom. The highest BCUT2D eigenvalue weighted by molar-refractivity contribution is 9.10. The van der Waals surface area contributed by atoms with Crippen LogP contribution in [0.25, 0.3) is 10.9 Å². The Bertz CT molecular complexity index is 504. The van der Waals surface area contributed by atoms with Crippen molar-refractivity contribution in [3.8, 4) is 0 Å². The van der Waals surface area contributed by atoms with Crippen LogP contribution in [0.4, 0.5) is 13.2 Å². The van der Waals surface area contributed by atoms with Gasteiger partial charge in [-0.2, -0.15) is 18.3 Å². The van der Waals surface area contributed by atoms with E-state index in [9.17, 15) is 13.2 Å². The van der Waals surface area contributed by atoms with Gasteiger partial charge in [-0.25, -0.2) is 0 Å². The molecule has 1 heterocycles. The van der Waals surface area contributed by atoms with E-state index >= 15 is 0 Å². The van der Waals surface area contributed by atoms with Gasteiger partial charge in [-0.3, -0.25) is 4.68 Å². The molecule has 16 heavy (non-hydrogen) atoms. The van der Waals surface area contributed by atoms with Crippen molar-refractivity contribution in [1.82, 2.24) is 9.78 Å². The van der Waals surface area contributed by atoms with E-state index in [1.54, 1.807) is 12.3 Å². The Balaban J connectivity index is 2.28. The van der Waals surface area contributed by atoms with Gasteiger partial charge in [-0.15, -0.1) is 0 Å². The van der Waals surface area contributed by atoms with E-state index in [1.807, 2.05) is 12.1 Å². The Morgan fingerprint density at radius 2 is 2.06 bits per heavy atom. The highest BCUT2D eigenvalue weighted by Crippen LogP contribution is 2.23. The molecule has 0 aliphatic carbocycles. The van der Waals surface area contributed by atoms with E-state index in [0.29, 0.717) is 5.52 Å². The van der Waals surface area contributed by atoms with Crippen molar-refractivity contribution in [3.05, 3.63) is 28.9 Å². The number of aryl methyl sites for hydroxylation is 1. The van der Waals surface area contributed by atoms with E-state index in [-0.39, 0.29) is 6.54 Å². The van der Waals surface area contributed by atoms with Crippen LogP contribution in [0.1, 0.15) is 6.42 Å². The molecule has 0 aliphatic heterocycles. The average molecular weight is 293 g/mol. The number of hydrogen-bond acceptors (Lipinski definition) is 1. The molecular weight excluding hydrogens is 285 g/mol. The highest BCUT2D eigenvalue weighted by atomic mass is 79.9. The fourth-order valence-electron chi connectivity index (χ4n) is 1.45. The van der Waals surface area contributed by atoms with Gasteiger partial charge in [0.05, 0.1) is 24.7 Å². The molecule has 0 spiro atoms. The summed E-state index contributed by atoms with van der Waals surface area (Å²) in [5, 5.41) is 4.77. The second-order valence-corrected chi connectivity index (χ2v) is 4.35. The molecule has 0 atom stereocenters. The van der Waals surface area contributed by atoms with Gasteiger partial charge in [0.15, 0.2) is 0 Å². The van der Waals surface area contributed by atoms with Crippen molar-refractivity contribution in [1.29, 1.82) is 0 Å². The minimum atomic E-state index is -4.15. The summed E-state index contributed by atoms with van der Waals surface area (Å²) in [4.78, 5) is 0. The lowest BCUT2D eigenvalue weighted by Crippen LogP contribution is -2.12. The third-order valence-electron chi connectivity index (χ3n) is 2.21. The maximum atomic E-state index is 12.1. The molecule has 0 saturated heterocycles. The fourth-order valence-corrected chi connectivity index (χ4v) is 1.80. The summed E-state index contributed by atoms with van der Waals surface area (Å²) < 4.78 is 38.4. The molecule has 0 fully saturated rings. The quantitative estimate of drug-likeness (QED) is 0.824. The van der Waals surface area contributed by atoms with Crippen molar-refractivity contribution in [3.63, 3.8) is 0 Å². The van der Waals surface area contributed by atoms with Crippen LogP contribution in [0, 0.1) is 0 Å². The van der Waals surface area contributed by atoms with Crippen LogP contribution in [0.5, 0.6) is 0 Å². The molecule has 1 aromatic carbocycles. The van der Waals surface area contributed by atoms with Crippen molar-refractivity contribution in [2.24, 2.45) is 0 Å². The normalized spacial score (nSPS) is 12.2. The molecule has 0 aliphatic rings. The van der Waals surface area contributed by atoms with Gasteiger partial charge in [0.2, 0.25) is 0 Å². The van der Waals surface area contributed by atoms with Gasteiger partial charge in [-0.05, 0) is 12.1 Å². The molecule has 0 radical (unpaired) electrons. The highest BCUT2D eigenvalue weighted by Gasteiger charge is 2.27. The van der Waals surface area contributed by atoms with Gasteiger partial charge in [0.25, 0.3) is 0 Å². The lowest BCUT2D eigenvalue weighted by atomic mass is 10.2. The summed E-state index contributed by atoms with van der Waals surface area (Å²) in [7, 11) is 0. The third kappa shape index (κ3) is 2.55. The molecule has 6 heteroatoms. The maximum absolute atomic E-state index is 12.1. The number of alkyl halides is 3. The molecular formula is C10H8BrF3N2. The van der Waals surface area contributed by atoms with Crippen molar-refractivity contribution >= 4 is 26.8 Å². The van der Waals surface area contributed by atoms with Gasteiger partial charge in [0.1, 0.15) is 0 Å². The van der Waals surface area contributed by atoms with E-state index < -0.39 is 12.6 Å². The summed E-state index contributed by atoms with van der Waals surface area (Å²) in [6.45, 7) is -0.149. The predicted molar refractivity (Wildman–Crippen MR) is 58.1 cm³/mol. The maximum Gasteiger partial charge on any atom is 0.390 e. The number of hydrogen-bond donors (Lipinski definition) is 0. The zero-order valence-electron chi connectivity index (χ0n) is 8.13. The monoisotopic (exact) mass is 292 g/mol. The Kier molecular flexibility index (Phi) is 2.92. The first-order chi connectivity index (χ1) is 7.46. The molecule has 0 N–H and O–H groups in total. The summed E-state index contributed by atoms with van der Waals surface area (Å²) >= 11 is 3.28. The molecule has 0 saturated carbocycles. The van der Waals surface area contributed by atoms with E-state index in [1.165, 1.54) is 4.68 Å². The first kappa shape index (κ1) is 11.4. The van der Waals surface area contributed by atoms with Crippen molar-refractivity contribution < 1.29 is 13.2 Å². The number of benzene rings is 1. The molecule has 2 aromatic rings. The zero-order chi connectivity index (χ0) is 11.8. The van der Waals surface area contributed by atoms with Crippen molar-refractivity contribution in [2.75, 3.05) is 0 Å². The molecule has 2 rings (SSSR count). The van der Waals surface area contributed by atoms with Crippen LogP contribution in [-0.2, 0) is 6.54 Å². The Hall–Kier alpha value is -1.04. The molecule has 2 nitrogen and oxygen atoms in total. The molecule has 1 aromatic heterocycles. The van der Waals surface area contributed by atoms with Crippen molar-refractivity contribution in [2.45, 2.75) is 19.1 Å². The van der Waals surface area contributed by atoms with Gasteiger partial charge in [-0.1, -0.05) is 22.0 Å². The standard InChI is InChI=1S/C10H8BrF3N2/c11-8-2-1-7-6-15-16(9(7)5-8)4-3-10(12,13)14/h1-2,5-6H,3-4H2. The SMILES string of the molecule is FC(F)(F)CCn1ncc2ccc(Br)cc21. The van der Waals surface area contributed by atoms with Crippen LogP contribution < -0.4 is 0 Å². The number of fused-ring (bicyclic) bond motifs is 1. The average Bonchev–Trinajstić information content (AvgIpc) is 2.56. The second kappa shape index (κ2) is 4.08. The Labute approximate surface area is 98.2 Å². The van der Waals surface area contributed by atoms with E-state index in [4.69, 9.17) is 0 Å². The topological polar surface area (TPSA) is 17.8 Å². The lowest BCUT2D eigenvalue weighted by molar-refractivity contribution is -0.137. The Morgan fingerprint density at radius 3 is 2.75 bits per heavy atom. The van der Waals surface area contributed by atoms with E-state index in [2.05, 4.69) is 21.0 Å². The summed E-state index contributed by atoms with van der Waals surface area (Å²) in [5.74, 6) is 0. The minimum absolute atomic E-state index is 0.149. The van der Waals surface area contributed by atoms with E-state index in [0.717, 1.165) is 9.86 Å². The first-order valence-electron chi connectivity index (χ1n) is 4.63. The summed E-state index contributed by atoms with van der Waals surface area (Å²) in [5.41, 5.74) is 0.707.